The van der Waals surface area contributed by atoms with Gasteiger partial charge in [0.2, 0.25) is 0 Å². The van der Waals surface area contributed by atoms with Gasteiger partial charge in [-0.15, -0.1) is 0 Å². The number of phenolic OH excluding ortho intramolecular Hbond substituents is 2. The van der Waals surface area contributed by atoms with Gasteiger partial charge in [0.05, 0.1) is 16.7 Å². The molecule has 1 aromatic rings. The first-order valence-electron chi connectivity index (χ1n) is 9.71. The molecule has 0 saturated heterocycles. The standard InChI is InChI=1S/C23H31ClO4/c1-13(7-10-18-14(2)8-11-19(26)23(18,4)5)6-9-16-21(27)17(12-25)15(3)20(24)22(16)28/h6,12,18-19,26-28H,2,7-11H2,1,3-5H3/b13-6+/t18-,19+/m1/s1. The molecule has 0 bridgehead atoms. The monoisotopic (exact) mass is 406 g/mol. The zero-order valence-corrected chi connectivity index (χ0v) is 17.9. The van der Waals surface area contributed by atoms with Gasteiger partial charge >= 0.3 is 0 Å². The molecular formula is C23H31ClO4. The van der Waals surface area contributed by atoms with E-state index < -0.39 is 0 Å². The van der Waals surface area contributed by atoms with Crippen molar-refractivity contribution in [3.8, 4) is 11.5 Å². The first-order chi connectivity index (χ1) is 13.0. The number of aromatic hydroxyl groups is 2. The van der Waals surface area contributed by atoms with Crippen LogP contribution in [0.5, 0.6) is 11.5 Å². The highest BCUT2D eigenvalue weighted by atomic mass is 35.5. The maximum absolute atomic E-state index is 11.3. The number of phenols is 2. The first-order valence-corrected chi connectivity index (χ1v) is 10.1. The van der Waals surface area contributed by atoms with Crippen molar-refractivity contribution in [2.24, 2.45) is 11.3 Å². The summed E-state index contributed by atoms with van der Waals surface area (Å²) in [5.41, 5.74) is 2.84. The molecule has 0 radical (unpaired) electrons. The van der Waals surface area contributed by atoms with Gasteiger partial charge in [-0.2, -0.15) is 0 Å². The number of carbonyl (C=O) groups is 1. The minimum absolute atomic E-state index is 0.0928. The van der Waals surface area contributed by atoms with E-state index in [0.717, 1.165) is 31.3 Å². The Bertz CT molecular complexity index is 808. The van der Waals surface area contributed by atoms with Crippen molar-refractivity contribution in [2.75, 3.05) is 0 Å². The zero-order valence-electron chi connectivity index (χ0n) is 17.2. The van der Waals surface area contributed by atoms with E-state index in [4.69, 9.17) is 11.6 Å². The third-order valence-electron chi connectivity index (χ3n) is 6.36. The predicted molar refractivity (Wildman–Crippen MR) is 113 cm³/mol. The highest BCUT2D eigenvalue weighted by Gasteiger charge is 2.40. The Hall–Kier alpha value is -1.78. The molecule has 0 aromatic heterocycles. The summed E-state index contributed by atoms with van der Waals surface area (Å²) in [5, 5.41) is 31.1. The molecule has 154 valence electrons. The predicted octanol–water partition coefficient (Wildman–Crippen LogP) is 5.49. The maximum Gasteiger partial charge on any atom is 0.154 e. The average molecular weight is 407 g/mol. The number of aldehydes is 1. The van der Waals surface area contributed by atoms with Crippen LogP contribution in [0.15, 0.2) is 23.8 Å². The Morgan fingerprint density at radius 2 is 1.96 bits per heavy atom. The lowest BCUT2D eigenvalue weighted by molar-refractivity contribution is -0.00880. The summed E-state index contributed by atoms with van der Waals surface area (Å²) in [4.78, 5) is 11.3. The van der Waals surface area contributed by atoms with Crippen molar-refractivity contribution in [1.82, 2.24) is 0 Å². The quantitative estimate of drug-likeness (QED) is 0.431. The van der Waals surface area contributed by atoms with E-state index in [1.54, 1.807) is 6.92 Å². The number of halogens is 1. The molecule has 2 rings (SSSR count). The van der Waals surface area contributed by atoms with Crippen molar-refractivity contribution >= 4 is 17.9 Å². The molecule has 1 aromatic carbocycles. The number of hydrogen-bond donors (Lipinski definition) is 3. The van der Waals surface area contributed by atoms with Crippen LogP contribution in [-0.2, 0) is 6.42 Å². The summed E-state index contributed by atoms with van der Waals surface area (Å²) in [5.74, 6) is -0.156. The molecule has 1 aliphatic carbocycles. The molecule has 0 spiro atoms. The Balaban J connectivity index is 2.15. The molecule has 4 nitrogen and oxygen atoms in total. The summed E-state index contributed by atoms with van der Waals surface area (Å²) in [6.45, 7) is 12.0. The van der Waals surface area contributed by atoms with Gasteiger partial charge < -0.3 is 15.3 Å². The summed E-state index contributed by atoms with van der Waals surface area (Å²) in [6, 6.07) is 0. The van der Waals surface area contributed by atoms with Gasteiger partial charge in [-0.1, -0.05) is 49.2 Å². The topological polar surface area (TPSA) is 77.8 Å². The number of rotatable bonds is 6. The second kappa shape index (κ2) is 8.71. The summed E-state index contributed by atoms with van der Waals surface area (Å²) in [6.07, 6.45) is 5.78. The largest absolute Gasteiger partial charge is 0.507 e. The second-order valence-electron chi connectivity index (χ2n) is 8.53. The van der Waals surface area contributed by atoms with Crippen LogP contribution >= 0.6 is 11.6 Å². The van der Waals surface area contributed by atoms with Gasteiger partial charge in [0.1, 0.15) is 11.5 Å². The Labute approximate surface area is 172 Å². The van der Waals surface area contributed by atoms with Crippen molar-refractivity contribution in [3.63, 3.8) is 0 Å². The lowest BCUT2D eigenvalue weighted by atomic mass is 9.63. The fourth-order valence-electron chi connectivity index (χ4n) is 4.17. The van der Waals surface area contributed by atoms with Crippen molar-refractivity contribution in [2.45, 2.75) is 65.9 Å². The van der Waals surface area contributed by atoms with Crippen LogP contribution in [-0.4, -0.2) is 27.7 Å². The Morgan fingerprint density at radius 3 is 2.57 bits per heavy atom. The molecule has 5 heteroatoms. The van der Waals surface area contributed by atoms with Gasteiger partial charge in [-0.05, 0) is 62.8 Å². The van der Waals surface area contributed by atoms with Crippen molar-refractivity contribution in [1.29, 1.82) is 0 Å². The van der Waals surface area contributed by atoms with Crippen molar-refractivity contribution < 1.29 is 20.1 Å². The van der Waals surface area contributed by atoms with E-state index in [0.29, 0.717) is 11.8 Å². The molecule has 1 saturated carbocycles. The molecule has 0 aliphatic heterocycles. The van der Waals surface area contributed by atoms with Gasteiger partial charge in [0, 0.05) is 5.56 Å². The average Bonchev–Trinajstić information content (AvgIpc) is 2.63. The molecule has 1 fully saturated rings. The van der Waals surface area contributed by atoms with Gasteiger partial charge in [-0.25, -0.2) is 0 Å². The highest BCUT2D eigenvalue weighted by molar-refractivity contribution is 6.33. The maximum atomic E-state index is 11.3. The molecule has 28 heavy (non-hydrogen) atoms. The van der Waals surface area contributed by atoms with Crippen LogP contribution in [0.4, 0.5) is 0 Å². The van der Waals surface area contributed by atoms with Crippen LogP contribution in [0.3, 0.4) is 0 Å². The molecule has 0 heterocycles. The second-order valence-corrected chi connectivity index (χ2v) is 8.90. The molecule has 0 amide bonds. The van der Waals surface area contributed by atoms with E-state index in [1.165, 1.54) is 5.57 Å². The van der Waals surface area contributed by atoms with Crippen LogP contribution in [0.1, 0.15) is 67.9 Å². The minimum atomic E-state index is -0.322. The van der Waals surface area contributed by atoms with Crippen LogP contribution in [0.25, 0.3) is 0 Å². The van der Waals surface area contributed by atoms with E-state index in [1.807, 2.05) is 13.0 Å². The van der Waals surface area contributed by atoms with Crippen molar-refractivity contribution in [3.05, 3.63) is 45.5 Å². The van der Waals surface area contributed by atoms with Crippen LogP contribution in [0.2, 0.25) is 5.02 Å². The number of benzene rings is 1. The minimum Gasteiger partial charge on any atom is -0.507 e. The fourth-order valence-corrected chi connectivity index (χ4v) is 4.39. The Kier molecular flexibility index (Phi) is 7.00. The van der Waals surface area contributed by atoms with Gasteiger partial charge in [0.15, 0.2) is 6.29 Å². The molecular weight excluding hydrogens is 376 g/mol. The summed E-state index contributed by atoms with van der Waals surface area (Å²) >= 11 is 6.10. The van der Waals surface area contributed by atoms with E-state index >= 15 is 0 Å². The third-order valence-corrected chi connectivity index (χ3v) is 6.82. The molecule has 3 N–H and O–H groups in total. The van der Waals surface area contributed by atoms with Crippen LogP contribution in [0, 0.1) is 18.3 Å². The zero-order chi connectivity index (χ0) is 21.2. The molecule has 0 unspecified atom stereocenters. The smallest absolute Gasteiger partial charge is 0.154 e. The lowest BCUT2D eigenvalue weighted by Gasteiger charge is -2.44. The number of carbonyl (C=O) groups excluding carboxylic acids is 1. The summed E-state index contributed by atoms with van der Waals surface area (Å²) in [7, 11) is 0. The number of aliphatic hydroxyl groups excluding tert-OH is 1. The van der Waals surface area contributed by atoms with Gasteiger partial charge in [0.25, 0.3) is 0 Å². The third kappa shape index (κ3) is 4.28. The first kappa shape index (κ1) is 22.5. The fraction of sp³-hybridized carbons (Fsp3) is 0.522. The van der Waals surface area contributed by atoms with Crippen LogP contribution < -0.4 is 0 Å². The van der Waals surface area contributed by atoms with E-state index in [9.17, 15) is 20.1 Å². The number of allylic oxidation sites excluding steroid dienone is 3. The summed E-state index contributed by atoms with van der Waals surface area (Å²) < 4.78 is 0. The Morgan fingerprint density at radius 1 is 1.32 bits per heavy atom. The SMILES string of the molecule is C=C1CC[C@H](O)C(C)(C)[C@@H]1CC/C(C)=C/Cc1c(O)c(Cl)c(C)c(C=O)c1O. The molecule has 1 aliphatic rings. The highest BCUT2D eigenvalue weighted by Crippen LogP contribution is 2.46. The van der Waals surface area contributed by atoms with E-state index in [-0.39, 0.29) is 51.5 Å². The van der Waals surface area contributed by atoms with E-state index in [2.05, 4.69) is 20.4 Å². The normalized spacial score (nSPS) is 22.4. The number of hydrogen-bond acceptors (Lipinski definition) is 4. The molecule has 2 atom stereocenters. The number of aliphatic hydroxyl groups is 1. The van der Waals surface area contributed by atoms with Gasteiger partial charge in [-0.3, -0.25) is 4.79 Å². The lowest BCUT2D eigenvalue weighted by Crippen LogP contribution is -2.41.